The lowest BCUT2D eigenvalue weighted by atomic mass is 10.0. The molecule has 0 amide bonds. The van der Waals surface area contributed by atoms with Gasteiger partial charge in [-0.2, -0.15) is 0 Å². The van der Waals surface area contributed by atoms with E-state index in [1.54, 1.807) is 0 Å². The van der Waals surface area contributed by atoms with Crippen molar-refractivity contribution in [2.45, 2.75) is 43.9 Å². The molecule has 0 bridgehead atoms. The molecule has 5 heteroatoms. The molecule has 3 N–H and O–H groups in total. The molecule has 0 spiro atoms. The number of rotatable bonds is 5. The summed E-state index contributed by atoms with van der Waals surface area (Å²) >= 11 is 0. The topological polar surface area (TPSA) is 72.2 Å². The summed E-state index contributed by atoms with van der Waals surface area (Å²) in [6.07, 6.45) is 3.78. The van der Waals surface area contributed by atoms with E-state index in [1.807, 2.05) is 31.2 Å². The highest BCUT2D eigenvalue weighted by Gasteiger charge is 2.36. The van der Waals surface area contributed by atoms with Gasteiger partial charge < -0.3 is 5.73 Å². The van der Waals surface area contributed by atoms with Gasteiger partial charge in [0.1, 0.15) is 0 Å². The largest absolute Gasteiger partial charge is 0.329 e. The number of hydrogen-bond acceptors (Lipinski definition) is 3. The summed E-state index contributed by atoms with van der Waals surface area (Å²) in [5.41, 5.74) is 7.24. The van der Waals surface area contributed by atoms with E-state index in [2.05, 4.69) is 4.72 Å². The Morgan fingerprint density at radius 3 is 2.58 bits per heavy atom. The number of nitrogens with two attached hydrogens (primary N) is 1. The van der Waals surface area contributed by atoms with Crippen LogP contribution in [0.25, 0.3) is 0 Å². The minimum Gasteiger partial charge on any atom is -0.329 e. The molecule has 2 rings (SSSR count). The Morgan fingerprint density at radius 1 is 1.32 bits per heavy atom. The highest BCUT2D eigenvalue weighted by molar-refractivity contribution is 7.88. The molecular formula is C14H22N2O2S. The summed E-state index contributed by atoms with van der Waals surface area (Å²) in [5.74, 6) is 0.0242. The summed E-state index contributed by atoms with van der Waals surface area (Å²) in [4.78, 5) is 0. The number of benzene rings is 1. The summed E-state index contributed by atoms with van der Waals surface area (Å²) in [7, 11) is -3.34. The minimum absolute atomic E-state index is 0.0242. The van der Waals surface area contributed by atoms with Crippen molar-refractivity contribution in [1.29, 1.82) is 0 Å². The fourth-order valence-electron chi connectivity index (χ4n) is 2.79. The van der Waals surface area contributed by atoms with Crippen LogP contribution in [0.2, 0.25) is 0 Å². The van der Waals surface area contributed by atoms with Crippen molar-refractivity contribution < 1.29 is 8.42 Å². The van der Waals surface area contributed by atoms with Crippen LogP contribution >= 0.6 is 0 Å². The van der Waals surface area contributed by atoms with E-state index in [0.29, 0.717) is 6.54 Å². The Kier molecular flexibility index (Phi) is 4.28. The molecule has 106 valence electrons. The third-order valence-corrected chi connectivity index (χ3v) is 5.22. The zero-order valence-electron chi connectivity index (χ0n) is 11.4. The van der Waals surface area contributed by atoms with E-state index < -0.39 is 15.6 Å². The molecule has 19 heavy (non-hydrogen) atoms. The van der Waals surface area contributed by atoms with Crippen molar-refractivity contribution in [2.75, 3.05) is 6.54 Å². The van der Waals surface area contributed by atoms with Gasteiger partial charge in [0.25, 0.3) is 0 Å². The lowest BCUT2D eigenvalue weighted by molar-refractivity contribution is 0.399. The van der Waals surface area contributed by atoms with Crippen LogP contribution in [0.15, 0.2) is 24.3 Å². The number of sulfonamides is 1. The fraction of sp³-hybridized carbons (Fsp3) is 0.571. The van der Waals surface area contributed by atoms with Crippen molar-refractivity contribution in [1.82, 2.24) is 4.72 Å². The molecule has 0 saturated heterocycles. The van der Waals surface area contributed by atoms with Gasteiger partial charge in [-0.05, 0) is 25.3 Å². The summed E-state index contributed by atoms with van der Waals surface area (Å²) in [5, 5.41) is 0. The molecular weight excluding hydrogens is 260 g/mol. The Morgan fingerprint density at radius 2 is 2.00 bits per heavy atom. The summed E-state index contributed by atoms with van der Waals surface area (Å²) < 4.78 is 27.4. The maximum Gasteiger partial charge on any atom is 0.216 e. The highest BCUT2D eigenvalue weighted by atomic mass is 32.2. The van der Waals surface area contributed by atoms with Gasteiger partial charge in [-0.15, -0.1) is 0 Å². The number of aryl methyl sites for hydroxylation is 1. The van der Waals surface area contributed by atoms with Gasteiger partial charge in [-0.25, -0.2) is 13.1 Å². The van der Waals surface area contributed by atoms with E-state index in [9.17, 15) is 8.42 Å². The maximum atomic E-state index is 12.3. The van der Waals surface area contributed by atoms with Gasteiger partial charge >= 0.3 is 0 Å². The minimum atomic E-state index is -3.34. The predicted octanol–water partition coefficient (Wildman–Crippen LogP) is 1.69. The van der Waals surface area contributed by atoms with Crippen molar-refractivity contribution in [3.63, 3.8) is 0 Å². The molecule has 1 aliphatic rings. The van der Waals surface area contributed by atoms with Crippen LogP contribution in [0, 0.1) is 6.92 Å². The smallest absolute Gasteiger partial charge is 0.216 e. The second-order valence-corrected chi connectivity index (χ2v) is 7.26. The molecule has 1 aliphatic carbocycles. The average Bonchev–Trinajstić information content (AvgIpc) is 2.76. The zero-order valence-corrected chi connectivity index (χ0v) is 12.2. The fourth-order valence-corrected chi connectivity index (χ4v) is 4.42. The lowest BCUT2D eigenvalue weighted by Crippen LogP contribution is -2.51. The standard InChI is InChI=1S/C14H22N2O2S/c1-12-5-4-6-13(9-12)10-19(17,18)16-14(11-15)7-2-3-8-14/h4-6,9,16H,2-3,7-8,10-11,15H2,1H3. The van der Waals surface area contributed by atoms with Gasteiger partial charge in [0, 0.05) is 12.1 Å². The van der Waals surface area contributed by atoms with Crippen molar-refractivity contribution >= 4 is 10.0 Å². The van der Waals surface area contributed by atoms with Crippen LogP contribution in [0.4, 0.5) is 0 Å². The van der Waals surface area contributed by atoms with Gasteiger partial charge in [-0.1, -0.05) is 42.7 Å². The molecule has 1 aromatic carbocycles. The molecule has 0 radical (unpaired) electrons. The maximum absolute atomic E-state index is 12.3. The van der Waals surface area contributed by atoms with Gasteiger partial charge in [0.05, 0.1) is 5.75 Å². The highest BCUT2D eigenvalue weighted by Crippen LogP contribution is 2.29. The second kappa shape index (κ2) is 5.61. The Labute approximate surface area is 115 Å². The predicted molar refractivity (Wildman–Crippen MR) is 77.2 cm³/mol. The Balaban J connectivity index is 2.10. The normalized spacial score (nSPS) is 18.6. The molecule has 1 aromatic rings. The SMILES string of the molecule is Cc1cccc(CS(=O)(=O)NC2(CN)CCCC2)c1. The zero-order chi connectivity index (χ0) is 13.9. The quantitative estimate of drug-likeness (QED) is 0.863. The lowest BCUT2D eigenvalue weighted by Gasteiger charge is -2.28. The van der Waals surface area contributed by atoms with Crippen LogP contribution in [0.5, 0.6) is 0 Å². The molecule has 0 atom stereocenters. The van der Waals surface area contributed by atoms with Crippen LogP contribution in [0.3, 0.4) is 0 Å². The molecule has 0 heterocycles. The van der Waals surface area contributed by atoms with E-state index in [1.165, 1.54) is 0 Å². The number of nitrogens with one attached hydrogen (secondary N) is 1. The van der Waals surface area contributed by atoms with E-state index in [4.69, 9.17) is 5.73 Å². The second-order valence-electron chi connectivity index (χ2n) is 5.54. The van der Waals surface area contributed by atoms with Gasteiger partial charge in [0.15, 0.2) is 0 Å². The molecule has 1 saturated carbocycles. The average molecular weight is 282 g/mol. The molecule has 4 nitrogen and oxygen atoms in total. The van der Waals surface area contributed by atoms with Crippen LogP contribution in [-0.4, -0.2) is 20.5 Å². The number of hydrogen-bond donors (Lipinski definition) is 2. The van der Waals surface area contributed by atoms with Gasteiger partial charge in [0.2, 0.25) is 10.0 Å². The molecule has 0 aliphatic heterocycles. The molecule has 0 unspecified atom stereocenters. The summed E-state index contributed by atoms with van der Waals surface area (Å²) in [6, 6.07) is 7.59. The van der Waals surface area contributed by atoms with E-state index in [-0.39, 0.29) is 5.75 Å². The Hall–Kier alpha value is -0.910. The van der Waals surface area contributed by atoms with Crippen LogP contribution in [-0.2, 0) is 15.8 Å². The van der Waals surface area contributed by atoms with Crippen LogP contribution in [0.1, 0.15) is 36.8 Å². The Bertz CT molecular complexity index is 534. The third kappa shape index (κ3) is 3.78. The summed E-state index contributed by atoms with van der Waals surface area (Å²) in [6.45, 7) is 2.34. The first-order valence-corrected chi connectivity index (χ1v) is 8.37. The van der Waals surface area contributed by atoms with Crippen molar-refractivity contribution in [3.8, 4) is 0 Å². The molecule has 0 aromatic heterocycles. The monoisotopic (exact) mass is 282 g/mol. The van der Waals surface area contributed by atoms with Crippen LogP contribution < -0.4 is 10.5 Å². The van der Waals surface area contributed by atoms with Gasteiger partial charge in [-0.3, -0.25) is 0 Å². The van der Waals surface area contributed by atoms with E-state index in [0.717, 1.165) is 36.8 Å². The van der Waals surface area contributed by atoms with E-state index >= 15 is 0 Å². The molecule has 1 fully saturated rings. The third-order valence-electron chi connectivity index (χ3n) is 3.76. The first-order valence-electron chi connectivity index (χ1n) is 6.72. The first kappa shape index (κ1) is 14.5. The first-order chi connectivity index (χ1) is 8.95. The van der Waals surface area contributed by atoms with Crippen molar-refractivity contribution in [2.24, 2.45) is 5.73 Å². The van der Waals surface area contributed by atoms with Crippen molar-refractivity contribution in [3.05, 3.63) is 35.4 Å².